The maximum absolute atomic E-state index is 13.4. The topological polar surface area (TPSA) is 79.7 Å². The predicted octanol–water partition coefficient (Wildman–Crippen LogP) is 5.52. The van der Waals surface area contributed by atoms with Gasteiger partial charge in [0.25, 0.3) is 5.78 Å². The highest BCUT2D eigenvalue weighted by atomic mass is 32.1. The largest absolute Gasteiger partial charge is 0.507 e. The Morgan fingerprint density at radius 3 is 2.67 bits per heavy atom. The molecule has 1 unspecified atom stereocenters. The van der Waals surface area contributed by atoms with E-state index in [-0.39, 0.29) is 16.9 Å². The van der Waals surface area contributed by atoms with E-state index in [9.17, 15) is 19.1 Å². The Morgan fingerprint density at radius 1 is 1.18 bits per heavy atom. The smallest absolute Gasteiger partial charge is 0.301 e. The molecule has 1 aliphatic heterocycles. The number of ether oxygens (including phenoxy) is 1. The summed E-state index contributed by atoms with van der Waals surface area (Å²) in [4.78, 5) is 32.9. The van der Waals surface area contributed by atoms with Crippen LogP contribution in [0.4, 0.5) is 9.52 Å². The molecule has 166 valence electrons. The number of hydrogen-bond donors (Lipinski definition) is 1. The summed E-state index contributed by atoms with van der Waals surface area (Å²) in [6.07, 6.45) is 0. The Balaban J connectivity index is 1.66. The summed E-state index contributed by atoms with van der Waals surface area (Å²) >= 11 is 2.63. The second-order valence-electron chi connectivity index (χ2n) is 7.25. The number of ketones is 1. The van der Waals surface area contributed by atoms with Gasteiger partial charge in [0.05, 0.1) is 22.4 Å². The van der Waals surface area contributed by atoms with Crippen LogP contribution in [-0.4, -0.2) is 28.4 Å². The summed E-state index contributed by atoms with van der Waals surface area (Å²) < 4.78 is 19.7. The van der Waals surface area contributed by atoms with Crippen molar-refractivity contribution in [3.63, 3.8) is 0 Å². The molecule has 3 heterocycles. The number of benzene rings is 2. The van der Waals surface area contributed by atoms with Gasteiger partial charge in [-0.2, -0.15) is 0 Å². The maximum Gasteiger partial charge on any atom is 0.301 e. The molecule has 0 saturated carbocycles. The Morgan fingerprint density at radius 2 is 1.97 bits per heavy atom. The van der Waals surface area contributed by atoms with E-state index in [0.29, 0.717) is 27.9 Å². The van der Waals surface area contributed by atoms with Gasteiger partial charge in [0.1, 0.15) is 23.4 Å². The molecule has 1 atom stereocenters. The molecule has 1 saturated heterocycles. The molecule has 1 fully saturated rings. The number of amides is 1. The second kappa shape index (κ2) is 8.42. The third kappa shape index (κ3) is 3.69. The van der Waals surface area contributed by atoms with Crippen LogP contribution in [0.3, 0.4) is 0 Å². The number of hydrogen-bond acceptors (Lipinski definition) is 7. The first kappa shape index (κ1) is 21.3. The molecule has 0 aliphatic carbocycles. The molecular weight excluding hydrogens is 463 g/mol. The number of halogens is 1. The zero-order valence-corrected chi connectivity index (χ0v) is 19.0. The van der Waals surface area contributed by atoms with E-state index >= 15 is 0 Å². The molecule has 33 heavy (non-hydrogen) atoms. The van der Waals surface area contributed by atoms with E-state index in [0.717, 1.165) is 4.70 Å². The van der Waals surface area contributed by atoms with Gasteiger partial charge in [-0.15, -0.1) is 11.3 Å². The Hall–Kier alpha value is -3.56. The van der Waals surface area contributed by atoms with Gasteiger partial charge >= 0.3 is 5.91 Å². The van der Waals surface area contributed by atoms with Crippen molar-refractivity contribution in [2.45, 2.75) is 13.0 Å². The molecule has 2 aromatic heterocycles. The van der Waals surface area contributed by atoms with Crippen molar-refractivity contribution in [3.8, 4) is 5.75 Å². The number of thiophene rings is 1. The fourth-order valence-corrected chi connectivity index (χ4v) is 5.61. The number of rotatable bonds is 5. The number of thiazole rings is 1. The number of aliphatic hydroxyl groups is 1. The molecule has 0 spiro atoms. The van der Waals surface area contributed by atoms with E-state index in [1.54, 1.807) is 18.2 Å². The van der Waals surface area contributed by atoms with Gasteiger partial charge in [0.15, 0.2) is 5.13 Å². The molecule has 1 amide bonds. The van der Waals surface area contributed by atoms with Crippen LogP contribution in [-0.2, 0) is 9.59 Å². The van der Waals surface area contributed by atoms with Crippen molar-refractivity contribution in [1.29, 1.82) is 0 Å². The average molecular weight is 481 g/mol. The molecule has 2 aromatic carbocycles. The SMILES string of the molecule is CCOc1ccc2nc(N3C(=O)C(=O)/C(=C(/O)c4ccc(F)cc4)C3c3cccs3)sc2c1. The lowest BCUT2D eigenvalue weighted by Crippen LogP contribution is -2.28. The van der Waals surface area contributed by atoms with Crippen LogP contribution in [0, 0.1) is 5.82 Å². The van der Waals surface area contributed by atoms with Gasteiger partial charge in [-0.05, 0) is 60.8 Å². The van der Waals surface area contributed by atoms with Crippen LogP contribution in [0.25, 0.3) is 16.0 Å². The van der Waals surface area contributed by atoms with Gasteiger partial charge in [0, 0.05) is 10.4 Å². The van der Waals surface area contributed by atoms with E-state index in [4.69, 9.17) is 4.74 Å². The molecule has 9 heteroatoms. The summed E-state index contributed by atoms with van der Waals surface area (Å²) in [5, 5.41) is 13.2. The third-order valence-corrected chi connectivity index (χ3v) is 7.18. The predicted molar refractivity (Wildman–Crippen MR) is 126 cm³/mol. The van der Waals surface area contributed by atoms with Crippen molar-refractivity contribution in [2.75, 3.05) is 11.5 Å². The number of Topliss-reactive ketones (excluding diaryl/α,β-unsaturated/α-hetero) is 1. The first-order chi connectivity index (χ1) is 16.0. The van der Waals surface area contributed by atoms with E-state index in [1.807, 2.05) is 24.4 Å². The fourth-order valence-electron chi connectivity index (χ4n) is 3.76. The zero-order chi connectivity index (χ0) is 23.1. The second-order valence-corrected chi connectivity index (χ2v) is 9.24. The van der Waals surface area contributed by atoms with Gasteiger partial charge in [-0.1, -0.05) is 17.4 Å². The quantitative estimate of drug-likeness (QED) is 0.231. The fraction of sp³-hybridized carbons (Fsp3) is 0.125. The van der Waals surface area contributed by atoms with E-state index in [1.165, 1.54) is 51.8 Å². The third-order valence-electron chi connectivity index (χ3n) is 5.24. The van der Waals surface area contributed by atoms with Crippen LogP contribution in [0.1, 0.15) is 23.4 Å². The number of fused-ring (bicyclic) bond motifs is 1. The number of anilines is 1. The number of nitrogens with zero attached hydrogens (tertiary/aromatic N) is 2. The minimum Gasteiger partial charge on any atom is -0.507 e. The van der Waals surface area contributed by atoms with Crippen LogP contribution < -0.4 is 9.64 Å². The monoisotopic (exact) mass is 480 g/mol. The first-order valence-corrected chi connectivity index (χ1v) is 11.8. The van der Waals surface area contributed by atoms with E-state index < -0.39 is 23.5 Å². The lowest BCUT2D eigenvalue weighted by atomic mass is 10.00. The van der Waals surface area contributed by atoms with Crippen molar-refractivity contribution in [2.24, 2.45) is 0 Å². The summed E-state index contributed by atoms with van der Waals surface area (Å²) in [6, 6.07) is 13.3. The maximum atomic E-state index is 13.4. The first-order valence-electron chi connectivity index (χ1n) is 10.1. The van der Waals surface area contributed by atoms with Crippen molar-refractivity contribution in [3.05, 3.63) is 81.8 Å². The molecule has 5 rings (SSSR count). The van der Waals surface area contributed by atoms with Crippen molar-refractivity contribution in [1.82, 2.24) is 4.98 Å². The van der Waals surface area contributed by atoms with Gasteiger partial charge in [0.2, 0.25) is 0 Å². The van der Waals surface area contributed by atoms with Crippen LogP contribution in [0.5, 0.6) is 5.75 Å². The number of carbonyl (C=O) groups is 2. The van der Waals surface area contributed by atoms with Gasteiger partial charge in [-0.25, -0.2) is 9.37 Å². The van der Waals surface area contributed by atoms with Crippen LogP contribution in [0.15, 0.2) is 65.6 Å². The Labute approximate surface area is 196 Å². The molecule has 6 nitrogen and oxygen atoms in total. The molecule has 1 aliphatic rings. The normalized spacial score (nSPS) is 17.8. The Bertz CT molecular complexity index is 1390. The summed E-state index contributed by atoms with van der Waals surface area (Å²) in [5.41, 5.74) is 0.869. The molecule has 0 bridgehead atoms. The lowest BCUT2D eigenvalue weighted by molar-refractivity contribution is -0.132. The van der Waals surface area contributed by atoms with Crippen molar-refractivity contribution >= 4 is 55.5 Å². The highest BCUT2D eigenvalue weighted by molar-refractivity contribution is 7.22. The highest BCUT2D eigenvalue weighted by Crippen LogP contribution is 2.45. The lowest BCUT2D eigenvalue weighted by Gasteiger charge is -2.21. The van der Waals surface area contributed by atoms with Crippen LogP contribution in [0.2, 0.25) is 0 Å². The molecular formula is C24H17FN2O4S2. The molecule has 4 aromatic rings. The van der Waals surface area contributed by atoms with Gasteiger partial charge < -0.3 is 9.84 Å². The average Bonchev–Trinajstić information content (AvgIpc) is 3.53. The van der Waals surface area contributed by atoms with Crippen molar-refractivity contribution < 1.29 is 23.8 Å². The number of carbonyl (C=O) groups excluding carboxylic acids is 2. The highest BCUT2D eigenvalue weighted by Gasteiger charge is 2.48. The minimum absolute atomic E-state index is 0.0525. The van der Waals surface area contributed by atoms with Crippen LogP contribution >= 0.6 is 22.7 Å². The number of aromatic nitrogens is 1. The van der Waals surface area contributed by atoms with Gasteiger partial charge in [-0.3, -0.25) is 14.5 Å². The zero-order valence-electron chi connectivity index (χ0n) is 17.3. The molecule has 1 N–H and O–H groups in total. The van der Waals surface area contributed by atoms with E-state index in [2.05, 4.69) is 4.98 Å². The summed E-state index contributed by atoms with van der Waals surface area (Å²) in [5.74, 6) is -1.73. The number of aliphatic hydroxyl groups excluding tert-OH is 1. The minimum atomic E-state index is -0.845. The molecule has 0 radical (unpaired) electrons. The Kier molecular flexibility index (Phi) is 5.43. The standard InChI is InChI=1S/C24H17FN2O4S2/c1-2-31-15-9-10-16-18(12-15)33-24(26-16)27-20(17-4-3-11-32-17)19(22(29)23(27)30)21(28)13-5-7-14(25)8-6-13/h3-12,20,28H,2H2,1H3/b21-19+. The summed E-state index contributed by atoms with van der Waals surface area (Å²) in [6.45, 7) is 2.41. The summed E-state index contributed by atoms with van der Waals surface area (Å²) in [7, 11) is 0.